The Balaban J connectivity index is 1.72. The molecule has 0 unspecified atom stereocenters. The maximum Gasteiger partial charge on any atom is 0.573 e. The van der Waals surface area contributed by atoms with Crippen molar-refractivity contribution in [2.24, 2.45) is 0 Å². The summed E-state index contributed by atoms with van der Waals surface area (Å²) in [5.74, 6) is -2.01. The SMILES string of the molecule is O=C(Cc1ccc(F)cc1)Nc1nc2ccc(F)cn2c1-c1cccc(OC(F)(F)F)c1. The van der Waals surface area contributed by atoms with E-state index in [0.717, 1.165) is 18.3 Å². The molecule has 1 N–H and O–H groups in total. The van der Waals surface area contributed by atoms with E-state index >= 15 is 0 Å². The second-order valence-corrected chi connectivity index (χ2v) is 6.81. The molecule has 2 aromatic heterocycles. The van der Waals surface area contributed by atoms with Crippen LogP contribution in [-0.2, 0) is 11.2 Å². The summed E-state index contributed by atoms with van der Waals surface area (Å²) >= 11 is 0. The number of hydrogen-bond donors (Lipinski definition) is 1. The first kappa shape index (κ1) is 21.3. The molecule has 2 aromatic carbocycles. The van der Waals surface area contributed by atoms with Crippen molar-refractivity contribution in [3.63, 3.8) is 0 Å². The summed E-state index contributed by atoms with van der Waals surface area (Å²) in [5, 5.41) is 2.60. The Hall–Kier alpha value is -3.95. The molecule has 0 aliphatic rings. The number of ether oxygens (including phenoxy) is 1. The van der Waals surface area contributed by atoms with Gasteiger partial charge >= 0.3 is 6.36 Å². The lowest BCUT2D eigenvalue weighted by Gasteiger charge is -2.11. The van der Waals surface area contributed by atoms with Crippen LogP contribution in [-0.4, -0.2) is 21.7 Å². The van der Waals surface area contributed by atoms with E-state index in [2.05, 4.69) is 15.0 Å². The Bertz CT molecular complexity index is 1280. The molecule has 0 bridgehead atoms. The van der Waals surface area contributed by atoms with Crippen molar-refractivity contribution in [2.45, 2.75) is 12.8 Å². The molecule has 0 saturated carbocycles. The smallest absolute Gasteiger partial charge is 0.406 e. The molecule has 0 spiro atoms. The third kappa shape index (κ3) is 4.85. The van der Waals surface area contributed by atoms with E-state index in [4.69, 9.17) is 0 Å². The van der Waals surface area contributed by atoms with E-state index in [0.29, 0.717) is 5.56 Å². The number of pyridine rings is 1. The second-order valence-electron chi connectivity index (χ2n) is 6.81. The Morgan fingerprint density at radius 3 is 2.44 bits per heavy atom. The largest absolute Gasteiger partial charge is 0.573 e. The Labute approximate surface area is 178 Å². The number of imidazole rings is 1. The van der Waals surface area contributed by atoms with E-state index < -0.39 is 29.7 Å². The summed E-state index contributed by atoms with van der Waals surface area (Å²) in [4.78, 5) is 16.8. The summed E-state index contributed by atoms with van der Waals surface area (Å²) in [5.41, 5.74) is 1.18. The molecule has 32 heavy (non-hydrogen) atoms. The molecule has 5 nitrogen and oxygen atoms in total. The van der Waals surface area contributed by atoms with Crippen molar-refractivity contribution < 1.29 is 31.5 Å². The fourth-order valence-corrected chi connectivity index (χ4v) is 3.19. The third-order valence-electron chi connectivity index (χ3n) is 4.46. The van der Waals surface area contributed by atoms with Gasteiger partial charge in [0.25, 0.3) is 0 Å². The zero-order valence-electron chi connectivity index (χ0n) is 16.2. The number of hydrogen-bond acceptors (Lipinski definition) is 3. The molecule has 4 rings (SSSR count). The quantitative estimate of drug-likeness (QED) is 0.419. The van der Waals surface area contributed by atoms with Crippen LogP contribution in [0.3, 0.4) is 0 Å². The van der Waals surface area contributed by atoms with Gasteiger partial charge in [-0.05, 0) is 42.0 Å². The topological polar surface area (TPSA) is 55.6 Å². The van der Waals surface area contributed by atoms with Gasteiger partial charge in [0.1, 0.15) is 23.0 Å². The highest BCUT2D eigenvalue weighted by atomic mass is 19.4. The van der Waals surface area contributed by atoms with Crippen molar-refractivity contribution in [1.82, 2.24) is 9.38 Å². The molecule has 4 aromatic rings. The van der Waals surface area contributed by atoms with Crippen molar-refractivity contribution in [3.05, 3.63) is 84.1 Å². The Morgan fingerprint density at radius 1 is 1.00 bits per heavy atom. The van der Waals surface area contributed by atoms with Gasteiger partial charge in [0.15, 0.2) is 5.82 Å². The van der Waals surface area contributed by atoms with Crippen molar-refractivity contribution in [1.29, 1.82) is 0 Å². The molecule has 0 aliphatic heterocycles. The van der Waals surface area contributed by atoms with Gasteiger partial charge in [0, 0.05) is 11.8 Å². The molecule has 0 atom stereocenters. The van der Waals surface area contributed by atoms with Crippen molar-refractivity contribution in [3.8, 4) is 17.0 Å². The summed E-state index contributed by atoms with van der Waals surface area (Å²) in [7, 11) is 0. The average Bonchev–Trinajstić information content (AvgIpc) is 3.05. The van der Waals surface area contributed by atoms with E-state index in [-0.39, 0.29) is 29.1 Å². The maximum absolute atomic E-state index is 13.9. The summed E-state index contributed by atoms with van der Waals surface area (Å²) < 4.78 is 70.1. The average molecular weight is 447 g/mol. The number of amides is 1. The Morgan fingerprint density at radius 2 is 1.72 bits per heavy atom. The molecule has 2 heterocycles. The van der Waals surface area contributed by atoms with Crippen LogP contribution in [0.2, 0.25) is 0 Å². The first-order chi connectivity index (χ1) is 15.2. The summed E-state index contributed by atoms with van der Waals surface area (Å²) in [6.07, 6.45) is -3.89. The number of carbonyl (C=O) groups is 1. The predicted octanol–water partition coefficient (Wildman–Crippen LogP) is 5.36. The van der Waals surface area contributed by atoms with Gasteiger partial charge in [-0.1, -0.05) is 24.3 Å². The number of carbonyl (C=O) groups excluding carboxylic acids is 1. The molecule has 10 heteroatoms. The fourth-order valence-electron chi connectivity index (χ4n) is 3.19. The lowest BCUT2D eigenvalue weighted by Crippen LogP contribution is -2.17. The molecule has 0 fully saturated rings. The zero-order valence-corrected chi connectivity index (χ0v) is 16.2. The van der Waals surface area contributed by atoms with Crippen LogP contribution in [0.4, 0.5) is 27.8 Å². The number of rotatable bonds is 5. The highest BCUT2D eigenvalue weighted by Crippen LogP contribution is 2.33. The number of anilines is 1. The van der Waals surface area contributed by atoms with Crippen LogP contribution in [0, 0.1) is 11.6 Å². The zero-order chi connectivity index (χ0) is 22.9. The van der Waals surface area contributed by atoms with Crippen molar-refractivity contribution >= 4 is 17.4 Å². The first-order valence-corrected chi connectivity index (χ1v) is 9.26. The summed E-state index contributed by atoms with van der Waals surface area (Å²) in [6, 6.07) is 12.9. The number of fused-ring (bicyclic) bond motifs is 1. The standard InChI is InChI=1S/C22H14F5N3O2/c23-15-6-4-13(5-7-15)10-19(31)29-21-20(30-12-16(24)8-9-18(30)28-21)14-2-1-3-17(11-14)32-22(25,26)27/h1-9,11-12H,10H2,(H,29,31). The van der Waals surface area contributed by atoms with Gasteiger partial charge in [-0.3, -0.25) is 9.20 Å². The normalized spacial score (nSPS) is 11.5. The molecular formula is C22H14F5N3O2. The highest BCUT2D eigenvalue weighted by Gasteiger charge is 2.31. The summed E-state index contributed by atoms with van der Waals surface area (Å²) in [6.45, 7) is 0. The van der Waals surface area contributed by atoms with Crippen LogP contribution in [0.5, 0.6) is 5.75 Å². The van der Waals surface area contributed by atoms with Gasteiger partial charge in [0.05, 0.1) is 12.1 Å². The third-order valence-corrected chi connectivity index (χ3v) is 4.46. The van der Waals surface area contributed by atoms with Gasteiger partial charge in [-0.15, -0.1) is 13.2 Å². The fraction of sp³-hybridized carbons (Fsp3) is 0.0909. The van der Waals surface area contributed by atoms with Crippen LogP contribution in [0.25, 0.3) is 16.9 Å². The second kappa shape index (κ2) is 8.29. The molecule has 0 saturated heterocycles. The molecular weight excluding hydrogens is 433 g/mol. The minimum Gasteiger partial charge on any atom is -0.406 e. The van der Waals surface area contributed by atoms with Gasteiger partial charge < -0.3 is 10.1 Å². The van der Waals surface area contributed by atoms with Gasteiger partial charge in [-0.2, -0.15) is 0 Å². The van der Waals surface area contributed by atoms with E-state index in [1.165, 1.54) is 52.9 Å². The van der Waals surface area contributed by atoms with E-state index in [1.54, 1.807) is 0 Å². The van der Waals surface area contributed by atoms with Crippen LogP contribution < -0.4 is 10.1 Å². The van der Waals surface area contributed by atoms with Crippen LogP contribution >= 0.6 is 0 Å². The number of halogens is 5. The van der Waals surface area contributed by atoms with E-state index in [1.807, 2.05) is 0 Å². The number of nitrogens with zero attached hydrogens (tertiary/aromatic N) is 2. The van der Waals surface area contributed by atoms with Crippen LogP contribution in [0.15, 0.2) is 66.9 Å². The number of benzene rings is 2. The molecule has 0 radical (unpaired) electrons. The molecule has 0 aliphatic carbocycles. The number of alkyl halides is 3. The predicted molar refractivity (Wildman–Crippen MR) is 106 cm³/mol. The number of aromatic nitrogens is 2. The maximum atomic E-state index is 13.9. The van der Waals surface area contributed by atoms with Gasteiger partial charge in [0.2, 0.25) is 5.91 Å². The van der Waals surface area contributed by atoms with Crippen molar-refractivity contribution in [2.75, 3.05) is 5.32 Å². The lowest BCUT2D eigenvalue weighted by atomic mass is 10.1. The first-order valence-electron chi connectivity index (χ1n) is 9.26. The number of nitrogens with one attached hydrogen (secondary N) is 1. The van der Waals surface area contributed by atoms with Gasteiger partial charge in [-0.25, -0.2) is 13.8 Å². The lowest BCUT2D eigenvalue weighted by molar-refractivity contribution is -0.274. The highest BCUT2D eigenvalue weighted by molar-refractivity contribution is 5.95. The monoisotopic (exact) mass is 447 g/mol. The molecule has 1 amide bonds. The Kier molecular flexibility index (Phi) is 5.52. The minimum atomic E-state index is -4.89. The van der Waals surface area contributed by atoms with E-state index in [9.17, 15) is 26.7 Å². The minimum absolute atomic E-state index is 0.0203. The molecule has 164 valence electrons. The van der Waals surface area contributed by atoms with Crippen LogP contribution in [0.1, 0.15) is 5.56 Å².